The van der Waals surface area contributed by atoms with E-state index < -0.39 is 45.2 Å². The molecule has 0 aliphatic heterocycles. The van der Waals surface area contributed by atoms with Crippen LogP contribution in [0.25, 0.3) is 0 Å². The number of alkyl halides is 6. The van der Waals surface area contributed by atoms with Crippen molar-refractivity contribution in [3.63, 3.8) is 0 Å². The zero-order valence-electron chi connectivity index (χ0n) is 16.3. The Morgan fingerprint density at radius 3 is 0.583 bits per heavy atom. The average Bonchev–Trinajstić information content (AvgIpc) is 2.58. The quantitative estimate of drug-likeness (QED) is 0.223. The van der Waals surface area contributed by atoms with E-state index in [1.54, 1.807) is 12.1 Å². The van der Waals surface area contributed by atoms with Gasteiger partial charge in [0.25, 0.3) is 0 Å². The molecule has 0 spiro atoms. The second-order valence-corrected chi connectivity index (χ2v) is 5.21. The summed E-state index contributed by atoms with van der Waals surface area (Å²) in [6, 6.07) is 12.7. The van der Waals surface area contributed by atoms with Crippen LogP contribution in [0.4, 0.5) is 78.1 Å². The zero-order valence-corrected chi connectivity index (χ0v) is 16.3. The van der Waals surface area contributed by atoms with Gasteiger partial charge >= 0.3 is 53.0 Å². The molecule has 36 heavy (non-hydrogen) atoms. The maximum absolute atomic E-state index is 11.8. The van der Waals surface area contributed by atoms with Crippen molar-refractivity contribution >= 4 is 40.6 Å². The molecule has 0 heterocycles. The van der Waals surface area contributed by atoms with Crippen LogP contribution in [0.3, 0.4) is 0 Å². The Kier molecular flexibility index (Phi) is 19.9. The molecule has 0 saturated heterocycles. The zero-order chi connectivity index (χ0) is 28.7. The summed E-state index contributed by atoms with van der Waals surface area (Å²) in [5.41, 5.74) is -1.20. The molecule has 2 aromatic rings. The molecule has 0 aliphatic rings. The van der Waals surface area contributed by atoms with Crippen LogP contribution in [0.5, 0.6) is 0 Å². The van der Waals surface area contributed by atoms with E-state index in [9.17, 15) is 78.1 Å². The first-order chi connectivity index (χ1) is 15.2. The average molecular weight is 561 g/mol. The predicted octanol–water partition coefficient (Wildman–Crippen LogP) is 8.66. The molecule has 0 N–H and O–H groups in total. The summed E-state index contributed by atoms with van der Waals surface area (Å²) >= 11 is 0. The minimum absolute atomic E-state index is 0. The van der Waals surface area contributed by atoms with Crippen LogP contribution >= 0.6 is 0 Å². The molecular formula is C14H11B3F18Li-3. The number of rotatable bonds is 0. The first kappa shape index (κ1) is 41.1. The number of hydrogen-bond acceptors (Lipinski definition) is 0. The molecule has 0 fully saturated rings. The van der Waals surface area contributed by atoms with Gasteiger partial charge in [-0.2, -0.15) is 26.3 Å². The molecule has 0 radical (unpaired) electrons. The summed E-state index contributed by atoms with van der Waals surface area (Å²) in [5.74, 6) is 0. The Labute approximate surface area is 203 Å². The van der Waals surface area contributed by atoms with Gasteiger partial charge in [0.05, 0.1) is 11.1 Å². The third-order valence-corrected chi connectivity index (χ3v) is 2.20. The van der Waals surface area contributed by atoms with Crippen molar-refractivity contribution in [3.8, 4) is 0 Å². The van der Waals surface area contributed by atoms with Gasteiger partial charge in [-0.3, -0.25) is 0 Å². The fourth-order valence-corrected chi connectivity index (χ4v) is 1.25. The number of benzene rings is 2. The molecule has 0 unspecified atom stereocenters. The molecule has 0 aromatic heterocycles. The Morgan fingerprint density at radius 1 is 0.361 bits per heavy atom. The fraction of sp³-hybridized carbons (Fsp3) is 0.143. The molecule has 0 saturated carbocycles. The molecular weight excluding hydrogens is 549 g/mol. The van der Waals surface area contributed by atoms with Gasteiger partial charge in [0.1, 0.15) is 0 Å². The molecule has 0 aliphatic carbocycles. The van der Waals surface area contributed by atoms with E-state index in [4.69, 9.17) is 0 Å². The molecule has 0 nitrogen and oxygen atoms in total. The normalized spacial score (nSPS) is 11.4. The van der Waals surface area contributed by atoms with Crippen LogP contribution in [0.2, 0.25) is 0 Å². The van der Waals surface area contributed by atoms with Crippen LogP contribution < -0.4 is 0 Å². The second-order valence-electron chi connectivity index (χ2n) is 5.21. The van der Waals surface area contributed by atoms with Gasteiger partial charge in [-0.15, -0.1) is 0 Å². The Hall–Kier alpha value is -2.03. The van der Waals surface area contributed by atoms with Crippen molar-refractivity contribution < 1.29 is 78.1 Å². The molecule has 22 heteroatoms. The third-order valence-electron chi connectivity index (χ3n) is 2.20. The number of halogens is 18. The molecule has 2 aromatic carbocycles. The van der Waals surface area contributed by atoms with E-state index in [2.05, 4.69) is 0 Å². The maximum atomic E-state index is 11.8. The second kappa shape index (κ2) is 17.4. The van der Waals surface area contributed by atoms with Crippen molar-refractivity contribution in [2.45, 2.75) is 12.4 Å². The van der Waals surface area contributed by atoms with Crippen LogP contribution in [0.15, 0.2) is 60.7 Å². The van der Waals surface area contributed by atoms with Crippen molar-refractivity contribution in [1.29, 1.82) is 0 Å². The topological polar surface area (TPSA) is 0 Å². The predicted molar refractivity (Wildman–Crippen MR) is 101 cm³/mol. The van der Waals surface area contributed by atoms with Gasteiger partial charge in [0.15, 0.2) is 0 Å². The van der Waals surface area contributed by atoms with Gasteiger partial charge < -0.3 is 51.8 Å². The molecule has 206 valence electrons. The van der Waals surface area contributed by atoms with E-state index in [1.807, 2.05) is 0 Å². The van der Waals surface area contributed by atoms with E-state index in [-0.39, 0.29) is 18.9 Å². The monoisotopic (exact) mass is 561 g/mol. The van der Waals surface area contributed by atoms with E-state index in [0.29, 0.717) is 0 Å². The summed E-state index contributed by atoms with van der Waals surface area (Å²) in [4.78, 5) is 0. The van der Waals surface area contributed by atoms with Crippen LogP contribution in [-0.2, 0) is 12.4 Å². The Bertz CT molecular complexity index is 673. The van der Waals surface area contributed by atoms with Gasteiger partial charge in [-0.1, -0.05) is 60.7 Å². The first-order valence-electron chi connectivity index (χ1n) is 8.07. The molecule has 0 bridgehead atoms. The van der Waals surface area contributed by atoms with Crippen molar-refractivity contribution in [1.82, 2.24) is 0 Å². The Morgan fingerprint density at radius 2 is 0.500 bits per heavy atom. The summed E-state index contributed by atoms with van der Waals surface area (Å²) < 4.78 is 188. The minimum atomic E-state index is -6.00. The fourth-order valence-electron chi connectivity index (χ4n) is 1.25. The van der Waals surface area contributed by atoms with Gasteiger partial charge in [-0.05, 0) is 0 Å². The third kappa shape index (κ3) is 45.5. The van der Waals surface area contributed by atoms with Gasteiger partial charge in [-0.25, -0.2) is 0 Å². The van der Waals surface area contributed by atoms with Crippen LogP contribution in [0, 0.1) is 0 Å². The summed E-state index contributed by atoms with van der Waals surface area (Å²) in [7, 11) is -18.0. The van der Waals surface area contributed by atoms with Crippen molar-refractivity contribution in [2.24, 2.45) is 0 Å². The molecule has 2 rings (SSSR count). The SMILES string of the molecule is FC(F)(F)c1ccccc1.FC(F)(F)c1ccccc1.F[B-](F)(F)F.F[B-](F)(F)F.F[B-](F)(F)F.[LiH]. The summed E-state index contributed by atoms with van der Waals surface area (Å²) in [5, 5.41) is 0. The first-order valence-corrected chi connectivity index (χ1v) is 8.07. The summed E-state index contributed by atoms with van der Waals surface area (Å²) in [6.07, 6.45) is -8.41. The molecule has 0 amide bonds. The number of hydrogen-bond donors (Lipinski definition) is 0. The van der Waals surface area contributed by atoms with Crippen molar-refractivity contribution in [3.05, 3.63) is 71.8 Å². The summed E-state index contributed by atoms with van der Waals surface area (Å²) in [6.45, 7) is 0. The van der Waals surface area contributed by atoms with E-state index >= 15 is 0 Å². The van der Waals surface area contributed by atoms with Crippen molar-refractivity contribution in [2.75, 3.05) is 0 Å². The van der Waals surface area contributed by atoms with Crippen LogP contribution in [-0.4, -0.2) is 40.6 Å². The van der Waals surface area contributed by atoms with Crippen LogP contribution in [0.1, 0.15) is 11.1 Å². The molecule has 0 atom stereocenters. The van der Waals surface area contributed by atoms with E-state index in [1.165, 1.54) is 24.3 Å². The van der Waals surface area contributed by atoms with E-state index in [0.717, 1.165) is 24.3 Å². The van der Waals surface area contributed by atoms with Gasteiger partial charge in [0.2, 0.25) is 0 Å². The van der Waals surface area contributed by atoms with Gasteiger partial charge in [0, 0.05) is 0 Å². The standard InChI is InChI=1S/2C7H5F3.3BF4.Li.H/c2*8-7(9,10)6-4-2-1-3-5-6;3*2-1(3,4)5;;/h2*1-5H;;;;;/q;;3*-1;;. The Balaban J connectivity index is -0.000000185.